The number of aromatic amines is 1. The number of fused-ring (bicyclic) bond motifs is 1. The Bertz CT molecular complexity index is 697. The number of ether oxygens (including phenoxy) is 1. The Morgan fingerprint density at radius 1 is 1.35 bits per heavy atom. The van der Waals surface area contributed by atoms with Crippen LogP contribution < -0.4 is 15.6 Å². The van der Waals surface area contributed by atoms with Crippen LogP contribution >= 0.6 is 0 Å². The number of hydrogen-bond acceptors (Lipinski definition) is 4. The van der Waals surface area contributed by atoms with Crippen molar-refractivity contribution in [3.63, 3.8) is 0 Å². The average Bonchev–Trinajstić information content (AvgIpc) is 2.85. The molecule has 0 spiro atoms. The van der Waals surface area contributed by atoms with Crippen molar-refractivity contribution in [1.29, 1.82) is 0 Å². The molecule has 104 valence electrons. The summed E-state index contributed by atoms with van der Waals surface area (Å²) in [6.07, 6.45) is 1.37. The highest BCUT2D eigenvalue weighted by Gasteiger charge is 2.18. The minimum Gasteiger partial charge on any atom is -0.492 e. The van der Waals surface area contributed by atoms with E-state index in [0.717, 1.165) is 0 Å². The summed E-state index contributed by atoms with van der Waals surface area (Å²) in [6, 6.07) is 5.10. The van der Waals surface area contributed by atoms with E-state index in [9.17, 15) is 9.59 Å². The molecule has 7 heteroatoms. The Morgan fingerprint density at radius 3 is 3.05 bits per heavy atom. The predicted octanol–water partition coefficient (Wildman–Crippen LogP) is 0.327. The maximum absolute atomic E-state index is 11.6. The molecule has 7 nitrogen and oxygen atoms in total. The van der Waals surface area contributed by atoms with Crippen molar-refractivity contribution < 1.29 is 9.53 Å². The van der Waals surface area contributed by atoms with Gasteiger partial charge < -0.3 is 19.9 Å². The first kappa shape index (κ1) is 12.5. The lowest BCUT2D eigenvalue weighted by molar-refractivity contribution is 0.202. The molecule has 20 heavy (non-hydrogen) atoms. The zero-order chi connectivity index (χ0) is 13.9. The number of rotatable bonds is 4. The van der Waals surface area contributed by atoms with E-state index in [-0.39, 0.29) is 11.6 Å². The summed E-state index contributed by atoms with van der Waals surface area (Å²) >= 11 is 0. The van der Waals surface area contributed by atoms with Crippen molar-refractivity contribution in [2.45, 2.75) is 0 Å². The van der Waals surface area contributed by atoms with Crippen LogP contribution in [-0.4, -0.2) is 47.1 Å². The number of nitrogens with zero attached hydrogens (tertiary/aromatic N) is 2. The first-order chi connectivity index (χ1) is 9.74. The fourth-order valence-corrected chi connectivity index (χ4v) is 2.14. The van der Waals surface area contributed by atoms with Gasteiger partial charge in [-0.1, -0.05) is 0 Å². The molecule has 2 aromatic rings. The molecule has 2 amide bonds. The van der Waals surface area contributed by atoms with E-state index in [2.05, 4.69) is 15.3 Å². The first-order valence-electron chi connectivity index (χ1n) is 6.37. The molecule has 1 aliphatic heterocycles. The highest BCUT2D eigenvalue weighted by atomic mass is 16.5. The van der Waals surface area contributed by atoms with Crippen LogP contribution in [0.15, 0.2) is 29.3 Å². The lowest BCUT2D eigenvalue weighted by Crippen LogP contribution is -2.31. The molecule has 1 aromatic heterocycles. The van der Waals surface area contributed by atoms with Gasteiger partial charge in [-0.2, -0.15) is 0 Å². The van der Waals surface area contributed by atoms with E-state index in [1.54, 1.807) is 23.1 Å². The van der Waals surface area contributed by atoms with Crippen LogP contribution in [0, 0.1) is 0 Å². The lowest BCUT2D eigenvalue weighted by atomic mass is 10.2. The standard InChI is InChI=1S/C13H14N4O3/c18-12-10-7-9(1-2-11(10)15-8-16-12)20-6-5-17-4-3-14-13(17)19/h1-2,7-8H,3-6H2,(H,14,19)(H,15,16,18). The summed E-state index contributed by atoms with van der Waals surface area (Å²) in [7, 11) is 0. The van der Waals surface area contributed by atoms with Gasteiger partial charge in [-0.25, -0.2) is 9.78 Å². The van der Waals surface area contributed by atoms with Gasteiger partial charge in [0, 0.05) is 13.1 Å². The molecular weight excluding hydrogens is 260 g/mol. The molecule has 1 saturated heterocycles. The molecule has 1 aromatic carbocycles. The van der Waals surface area contributed by atoms with Crippen LogP contribution in [0.1, 0.15) is 0 Å². The van der Waals surface area contributed by atoms with Crippen molar-refractivity contribution in [3.8, 4) is 5.75 Å². The Labute approximate surface area is 114 Å². The van der Waals surface area contributed by atoms with E-state index in [1.165, 1.54) is 6.33 Å². The van der Waals surface area contributed by atoms with Crippen molar-refractivity contribution in [1.82, 2.24) is 20.2 Å². The number of urea groups is 1. The SMILES string of the molecule is O=C1NCCN1CCOc1ccc2nc[nH]c(=O)c2c1. The summed E-state index contributed by atoms with van der Waals surface area (Å²) < 4.78 is 5.58. The van der Waals surface area contributed by atoms with Crippen LogP contribution in [0.3, 0.4) is 0 Å². The topological polar surface area (TPSA) is 87.3 Å². The Kier molecular flexibility index (Phi) is 3.24. The smallest absolute Gasteiger partial charge is 0.317 e. The van der Waals surface area contributed by atoms with Gasteiger partial charge in [0.2, 0.25) is 0 Å². The van der Waals surface area contributed by atoms with Crippen LogP contribution in [-0.2, 0) is 0 Å². The Balaban J connectivity index is 1.67. The average molecular weight is 274 g/mol. The largest absolute Gasteiger partial charge is 0.492 e. The van der Waals surface area contributed by atoms with Crippen LogP contribution in [0.5, 0.6) is 5.75 Å². The van der Waals surface area contributed by atoms with Gasteiger partial charge in [0.05, 0.1) is 23.8 Å². The highest BCUT2D eigenvalue weighted by Crippen LogP contribution is 2.16. The van der Waals surface area contributed by atoms with E-state index < -0.39 is 0 Å². The second kappa shape index (κ2) is 5.20. The Morgan fingerprint density at radius 2 is 2.25 bits per heavy atom. The van der Waals surface area contributed by atoms with Crippen LogP contribution in [0.2, 0.25) is 0 Å². The molecule has 1 aliphatic rings. The van der Waals surface area contributed by atoms with Gasteiger partial charge in [0.15, 0.2) is 0 Å². The van der Waals surface area contributed by atoms with Gasteiger partial charge in [-0.15, -0.1) is 0 Å². The fraction of sp³-hybridized carbons (Fsp3) is 0.308. The minimum atomic E-state index is -0.195. The zero-order valence-electron chi connectivity index (χ0n) is 10.8. The number of H-pyrrole nitrogens is 1. The number of amides is 2. The zero-order valence-corrected chi connectivity index (χ0v) is 10.8. The summed E-state index contributed by atoms with van der Waals surface area (Å²) in [5.74, 6) is 0.593. The minimum absolute atomic E-state index is 0.0623. The third-order valence-electron chi connectivity index (χ3n) is 3.19. The number of carbonyl (C=O) groups is 1. The molecule has 2 N–H and O–H groups in total. The van der Waals surface area contributed by atoms with Gasteiger partial charge in [-0.05, 0) is 18.2 Å². The van der Waals surface area contributed by atoms with Gasteiger partial charge in [0.25, 0.3) is 5.56 Å². The monoisotopic (exact) mass is 274 g/mol. The van der Waals surface area contributed by atoms with Crippen molar-refractivity contribution in [3.05, 3.63) is 34.9 Å². The van der Waals surface area contributed by atoms with Crippen molar-refractivity contribution in [2.75, 3.05) is 26.2 Å². The molecule has 0 aliphatic carbocycles. The molecular formula is C13H14N4O3. The normalized spacial score (nSPS) is 14.6. The summed E-state index contributed by atoms with van der Waals surface area (Å²) in [6.45, 7) is 2.28. The number of nitrogens with one attached hydrogen (secondary N) is 2. The fourth-order valence-electron chi connectivity index (χ4n) is 2.14. The quantitative estimate of drug-likeness (QED) is 0.841. The molecule has 3 rings (SSSR count). The maximum atomic E-state index is 11.6. The van der Waals surface area contributed by atoms with E-state index in [4.69, 9.17) is 4.74 Å². The summed E-state index contributed by atoms with van der Waals surface area (Å²) in [5, 5.41) is 3.22. The van der Waals surface area contributed by atoms with Gasteiger partial charge >= 0.3 is 6.03 Å². The summed E-state index contributed by atoms with van der Waals surface area (Å²) in [5.41, 5.74) is 0.430. The van der Waals surface area contributed by atoms with Gasteiger partial charge in [-0.3, -0.25) is 4.79 Å². The molecule has 0 saturated carbocycles. The van der Waals surface area contributed by atoms with Crippen LogP contribution in [0.25, 0.3) is 10.9 Å². The molecule has 0 atom stereocenters. The molecule has 2 heterocycles. The predicted molar refractivity (Wildman–Crippen MR) is 72.8 cm³/mol. The number of aromatic nitrogens is 2. The van der Waals surface area contributed by atoms with E-state index >= 15 is 0 Å². The second-order valence-corrected chi connectivity index (χ2v) is 4.48. The van der Waals surface area contributed by atoms with E-state index in [0.29, 0.717) is 42.9 Å². The number of carbonyl (C=O) groups excluding carboxylic acids is 1. The molecule has 0 bridgehead atoms. The van der Waals surface area contributed by atoms with Crippen LogP contribution in [0.4, 0.5) is 4.79 Å². The molecule has 1 fully saturated rings. The van der Waals surface area contributed by atoms with E-state index in [1.807, 2.05) is 0 Å². The third kappa shape index (κ3) is 2.42. The maximum Gasteiger partial charge on any atom is 0.317 e. The van der Waals surface area contributed by atoms with Crippen molar-refractivity contribution >= 4 is 16.9 Å². The lowest BCUT2D eigenvalue weighted by Gasteiger charge is -2.14. The summed E-state index contributed by atoms with van der Waals surface area (Å²) in [4.78, 5) is 31.3. The second-order valence-electron chi connectivity index (χ2n) is 4.48. The molecule has 0 unspecified atom stereocenters. The van der Waals surface area contributed by atoms with Gasteiger partial charge in [0.1, 0.15) is 12.4 Å². The first-order valence-corrected chi connectivity index (χ1v) is 6.37. The number of hydrogen-bond donors (Lipinski definition) is 2. The Hall–Kier alpha value is -2.57. The number of benzene rings is 1. The molecule has 0 radical (unpaired) electrons. The third-order valence-corrected chi connectivity index (χ3v) is 3.19. The highest BCUT2D eigenvalue weighted by molar-refractivity contribution is 5.78. The van der Waals surface area contributed by atoms with Crippen molar-refractivity contribution in [2.24, 2.45) is 0 Å².